The normalized spacial score (nSPS) is 12.6. The summed E-state index contributed by atoms with van der Waals surface area (Å²) in [5.41, 5.74) is 1.24. The SMILES string of the molecule is CC(Cc1cccs1)NCc1ccc(Cl)c(Br)c1. The maximum absolute atomic E-state index is 5.97. The molecule has 1 N–H and O–H groups in total. The molecule has 0 bridgehead atoms. The number of thiophene rings is 1. The Kier molecular flexibility index (Phi) is 5.25. The zero-order valence-corrected chi connectivity index (χ0v) is 13.3. The van der Waals surface area contributed by atoms with E-state index in [1.54, 1.807) is 0 Å². The number of rotatable bonds is 5. The molecule has 1 atom stereocenters. The molecular formula is C14H15BrClNS. The molecule has 0 aliphatic carbocycles. The van der Waals surface area contributed by atoms with Crippen LogP contribution in [0.3, 0.4) is 0 Å². The summed E-state index contributed by atoms with van der Waals surface area (Å²) in [5, 5.41) is 6.40. The average Bonchev–Trinajstić information content (AvgIpc) is 2.83. The van der Waals surface area contributed by atoms with E-state index in [0.29, 0.717) is 6.04 Å². The van der Waals surface area contributed by atoms with E-state index in [1.807, 2.05) is 17.4 Å². The first-order valence-corrected chi connectivity index (χ1v) is 7.90. The van der Waals surface area contributed by atoms with E-state index in [2.05, 4.69) is 57.8 Å². The smallest absolute Gasteiger partial charge is 0.0548 e. The molecule has 96 valence electrons. The molecule has 0 spiro atoms. The lowest BCUT2D eigenvalue weighted by Gasteiger charge is -2.13. The lowest BCUT2D eigenvalue weighted by atomic mass is 10.2. The van der Waals surface area contributed by atoms with E-state index in [-0.39, 0.29) is 0 Å². The lowest BCUT2D eigenvalue weighted by molar-refractivity contribution is 0.548. The highest BCUT2D eigenvalue weighted by molar-refractivity contribution is 9.10. The van der Waals surface area contributed by atoms with Crippen LogP contribution in [-0.4, -0.2) is 6.04 Å². The molecule has 0 fully saturated rings. The molecule has 1 unspecified atom stereocenters. The van der Waals surface area contributed by atoms with Crippen molar-refractivity contribution in [2.24, 2.45) is 0 Å². The van der Waals surface area contributed by atoms with Crippen LogP contribution < -0.4 is 5.32 Å². The fraction of sp³-hybridized carbons (Fsp3) is 0.286. The van der Waals surface area contributed by atoms with Crippen molar-refractivity contribution in [2.45, 2.75) is 25.9 Å². The van der Waals surface area contributed by atoms with Gasteiger partial charge in [-0.2, -0.15) is 0 Å². The van der Waals surface area contributed by atoms with Gasteiger partial charge in [-0.05, 0) is 58.4 Å². The Morgan fingerprint density at radius 2 is 2.22 bits per heavy atom. The molecule has 0 saturated heterocycles. The second-order valence-corrected chi connectivity index (χ2v) is 6.61. The van der Waals surface area contributed by atoms with E-state index in [4.69, 9.17) is 11.6 Å². The molecule has 1 nitrogen and oxygen atoms in total. The quantitative estimate of drug-likeness (QED) is 0.814. The van der Waals surface area contributed by atoms with Crippen molar-refractivity contribution in [3.8, 4) is 0 Å². The minimum absolute atomic E-state index is 0.470. The molecule has 1 aromatic heterocycles. The number of benzene rings is 1. The first kappa shape index (κ1) is 14.1. The van der Waals surface area contributed by atoms with Crippen molar-refractivity contribution >= 4 is 38.9 Å². The molecule has 1 aromatic carbocycles. The van der Waals surface area contributed by atoms with Crippen LogP contribution in [0.15, 0.2) is 40.2 Å². The molecule has 2 rings (SSSR count). The van der Waals surface area contributed by atoms with Gasteiger partial charge in [0, 0.05) is 21.9 Å². The molecule has 0 aliphatic rings. The van der Waals surface area contributed by atoms with Crippen molar-refractivity contribution < 1.29 is 0 Å². The van der Waals surface area contributed by atoms with Gasteiger partial charge in [-0.3, -0.25) is 0 Å². The summed E-state index contributed by atoms with van der Waals surface area (Å²) in [6.07, 6.45) is 1.08. The zero-order chi connectivity index (χ0) is 13.0. The third kappa shape index (κ3) is 4.09. The van der Waals surface area contributed by atoms with E-state index < -0.39 is 0 Å². The van der Waals surface area contributed by atoms with Gasteiger partial charge in [0.25, 0.3) is 0 Å². The van der Waals surface area contributed by atoms with Crippen molar-refractivity contribution in [2.75, 3.05) is 0 Å². The van der Waals surface area contributed by atoms with Gasteiger partial charge in [-0.15, -0.1) is 11.3 Å². The molecule has 0 saturated carbocycles. The molecular weight excluding hydrogens is 330 g/mol. The summed E-state index contributed by atoms with van der Waals surface area (Å²) < 4.78 is 0.953. The monoisotopic (exact) mass is 343 g/mol. The van der Waals surface area contributed by atoms with E-state index >= 15 is 0 Å². The first-order chi connectivity index (χ1) is 8.65. The minimum atomic E-state index is 0.470. The van der Waals surface area contributed by atoms with E-state index in [1.165, 1.54) is 10.4 Å². The summed E-state index contributed by atoms with van der Waals surface area (Å²) in [7, 11) is 0. The summed E-state index contributed by atoms with van der Waals surface area (Å²) in [6, 6.07) is 10.8. The molecule has 18 heavy (non-hydrogen) atoms. The van der Waals surface area contributed by atoms with Gasteiger partial charge in [0.15, 0.2) is 0 Å². The van der Waals surface area contributed by atoms with Crippen LogP contribution in [0, 0.1) is 0 Å². The van der Waals surface area contributed by atoms with Gasteiger partial charge in [0.2, 0.25) is 0 Å². The third-order valence-electron chi connectivity index (χ3n) is 2.73. The fourth-order valence-electron chi connectivity index (χ4n) is 1.74. The highest BCUT2D eigenvalue weighted by Gasteiger charge is 2.05. The molecule has 1 heterocycles. The highest BCUT2D eigenvalue weighted by atomic mass is 79.9. The Hall–Kier alpha value is -0.350. The van der Waals surface area contributed by atoms with Gasteiger partial charge in [-0.1, -0.05) is 23.7 Å². The van der Waals surface area contributed by atoms with Crippen LogP contribution in [0.1, 0.15) is 17.4 Å². The topological polar surface area (TPSA) is 12.0 Å². The number of hydrogen-bond acceptors (Lipinski definition) is 2. The largest absolute Gasteiger partial charge is 0.310 e. The van der Waals surface area contributed by atoms with Crippen molar-refractivity contribution in [3.05, 3.63) is 55.6 Å². The number of nitrogens with one attached hydrogen (secondary N) is 1. The van der Waals surface area contributed by atoms with E-state index in [0.717, 1.165) is 22.5 Å². The van der Waals surface area contributed by atoms with Gasteiger partial charge < -0.3 is 5.32 Å². The van der Waals surface area contributed by atoms with Crippen LogP contribution in [0.2, 0.25) is 5.02 Å². The average molecular weight is 345 g/mol. The van der Waals surface area contributed by atoms with Gasteiger partial charge in [0.05, 0.1) is 5.02 Å². The predicted octanol–water partition coefficient (Wildman–Crippen LogP) is 4.88. The molecule has 4 heteroatoms. The standard InChI is InChI=1S/C14H15BrClNS/c1-10(7-12-3-2-6-18-12)17-9-11-4-5-14(16)13(15)8-11/h2-6,8,10,17H,7,9H2,1H3. The van der Waals surface area contributed by atoms with E-state index in [9.17, 15) is 0 Å². The third-order valence-corrected chi connectivity index (χ3v) is 4.84. The Bertz CT molecular complexity index is 499. The van der Waals surface area contributed by atoms with Crippen molar-refractivity contribution in [3.63, 3.8) is 0 Å². The Morgan fingerprint density at radius 1 is 1.39 bits per heavy atom. The minimum Gasteiger partial charge on any atom is -0.310 e. The van der Waals surface area contributed by atoms with Crippen LogP contribution in [0.4, 0.5) is 0 Å². The predicted molar refractivity (Wildman–Crippen MR) is 83.5 cm³/mol. The summed E-state index contributed by atoms with van der Waals surface area (Å²) in [4.78, 5) is 1.42. The Labute approximate surface area is 125 Å². The van der Waals surface area contributed by atoms with Gasteiger partial charge >= 0.3 is 0 Å². The molecule has 0 amide bonds. The van der Waals surface area contributed by atoms with Gasteiger partial charge in [-0.25, -0.2) is 0 Å². The van der Waals surface area contributed by atoms with Crippen molar-refractivity contribution in [1.82, 2.24) is 5.32 Å². The molecule has 0 aliphatic heterocycles. The number of halogens is 2. The lowest BCUT2D eigenvalue weighted by Crippen LogP contribution is -2.27. The first-order valence-electron chi connectivity index (χ1n) is 5.85. The summed E-state index contributed by atoms with van der Waals surface area (Å²) in [6.45, 7) is 3.08. The van der Waals surface area contributed by atoms with Crippen LogP contribution in [0.5, 0.6) is 0 Å². The second-order valence-electron chi connectivity index (χ2n) is 4.31. The highest BCUT2D eigenvalue weighted by Crippen LogP contribution is 2.23. The molecule has 2 aromatic rings. The summed E-state index contributed by atoms with van der Waals surface area (Å²) >= 11 is 11.2. The maximum Gasteiger partial charge on any atom is 0.0548 e. The van der Waals surface area contributed by atoms with Crippen LogP contribution in [0.25, 0.3) is 0 Å². The fourth-order valence-corrected chi connectivity index (χ4v) is 3.12. The summed E-state index contributed by atoms with van der Waals surface area (Å²) in [5.74, 6) is 0. The molecule has 0 radical (unpaired) electrons. The van der Waals surface area contributed by atoms with Crippen LogP contribution >= 0.6 is 38.9 Å². The number of hydrogen-bond donors (Lipinski definition) is 1. The van der Waals surface area contributed by atoms with Gasteiger partial charge in [0.1, 0.15) is 0 Å². The zero-order valence-electron chi connectivity index (χ0n) is 10.1. The Morgan fingerprint density at radius 3 is 2.89 bits per heavy atom. The van der Waals surface area contributed by atoms with Crippen LogP contribution in [-0.2, 0) is 13.0 Å². The van der Waals surface area contributed by atoms with Crippen molar-refractivity contribution in [1.29, 1.82) is 0 Å². The maximum atomic E-state index is 5.97. The Balaban J connectivity index is 1.85. The second kappa shape index (κ2) is 6.71.